The average molecular weight is 715 g/mol. The first-order valence-electron chi connectivity index (χ1n) is 17.9. The zero-order valence-electron chi connectivity index (χ0n) is 31.1. The van der Waals surface area contributed by atoms with Gasteiger partial charge in [-0.3, -0.25) is 9.67 Å². The highest BCUT2D eigenvalue weighted by Gasteiger charge is 2.28. The van der Waals surface area contributed by atoms with Crippen molar-refractivity contribution in [3.63, 3.8) is 0 Å². The fraction of sp³-hybridized carbons (Fsp3) is 0.341. The lowest BCUT2D eigenvalue weighted by atomic mass is 9.98. The molecule has 0 aliphatic carbocycles. The molecule has 12 nitrogen and oxygen atoms in total. The molecule has 0 atom stereocenters. The molecule has 0 unspecified atom stereocenters. The first-order valence-corrected chi connectivity index (χ1v) is 17.9. The van der Waals surface area contributed by atoms with Crippen LogP contribution in [0.15, 0.2) is 85.5 Å². The molecule has 4 aromatic heterocycles. The summed E-state index contributed by atoms with van der Waals surface area (Å²) in [6.07, 6.45) is 6.95. The topological polar surface area (TPSA) is 131 Å². The van der Waals surface area contributed by atoms with Crippen LogP contribution < -0.4 is 15.0 Å². The summed E-state index contributed by atoms with van der Waals surface area (Å²) < 4.78 is 13.7. The van der Waals surface area contributed by atoms with Crippen LogP contribution in [0.2, 0.25) is 0 Å². The number of pyridine rings is 3. The van der Waals surface area contributed by atoms with E-state index in [9.17, 15) is 9.90 Å². The second kappa shape index (κ2) is 14.3. The van der Waals surface area contributed by atoms with E-state index in [1.54, 1.807) is 31.1 Å². The monoisotopic (exact) mass is 714 g/mol. The summed E-state index contributed by atoms with van der Waals surface area (Å²) in [5.74, 6) is 1.16. The first-order chi connectivity index (χ1) is 25.3. The molecular weight excluding hydrogens is 669 g/mol. The van der Waals surface area contributed by atoms with Gasteiger partial charge < -0.3 is 29.7 Å². The van der Waals surface area contributed by atoms with E-state index < -0.39 is 11.2 Å². The number of anilines is 3. The molecule has 7 rings (SSSR count). The molecule has 0 spiro atoms. The number of aliphatic hydroxyl groups is 1. The molecule has 5 heterocycles. The number of hydrogen-bond acceptors (Lipinski definition) is 10. The molecule has 2 N–H and O–H groups in total. The average Bonchev–Trinajstić information content (AvgIpc) is 3.52. The molecule has 2 aromatic carbocycles. The zero-order valence-corrected chi connectivity index (χ0v) is 31.1. The van der Waals surface area contributed by atoms with Gasteiger partial charge in [-0.05, 0) is 76.9 Å². The number of carbonyl (C=O) groups is 1. The van der Waals surface area contributed by atoms with Crippen molar-refractivity contribution in [1.29, 1.82) is 0 Å². The van der Waals surface area contributed by atoms with Crippen LogP contribution in [0.5, 0.6) is 5.88 Å². The molecule has 53 heavy (non-hydrogen) atoms. The molecule has 12 heteroatoms. The second-order valence-corrected chi connectivity index (χ2v) is 15.1. The lowest BCUT2D eigenvalue weighted by Gasteiger charge is -2.37. The third-order valence-electron chi connectivity index (χ3n) is 9.13. The quantitative estimate of drug-likeness (QED) is 0.155. The molecule has 1 saturated heterocycles. The number of rotatable bonds is 9. The smallest absolute Gasteiger partial charge is 0.410 e. The molecule has 0 bridgehead atoms. The Morgan fingerprint density at radius 1 is 0.887 bits per heavy atom. The third-order valence-corrected chi connectivity index (χ3v) is 9.13. The number of piperazine rings is 1. The van der Waals surface area contributed by atoms with Gasteiger partial charge in [0.15, 0.2) is 0 Å². The van der Waals surface area contributed by atoms with E-state index in [0.29, 0.717) is 51.0 Å². The van der Waals surface area contributed by atoms with Crippen molar-refractivity contribution < 1.29 is 19.4 Å². The number of aryl methyl sites for hydroxylation is 1. The minimum atomic E-state index is -0.887. The summed E-state index contributed by atoms with van der Waals surface area (Å²) in [7, 11) is 0. The lowest BCUT2D eigenvalue weighted by Crippen LogP contribution is -2.50. The normalized spacial score (nSPS) is 13.8. The first kappa shape index (κ1) is 35.6. The fourth-order valence-corrected chi connectivity index (χ4v) is 6.57. The van der Waals surface area contributed by atoms with Gasteiger partial charge in [0.1, 0.15) is 23.7 Å². The van der Waals surface area contributed by atoms with Crippen molar-refractivity contribution in [2.24, 2.45) is 0 Å². The van der Waals surface area contributed by atoms with Gasteiger partial charge >= 0.3 is 6.09 Å². The van der Waals surface area contributed by atoms with Gasteiger partial charge in [0.05, 0.1) is 41.4 Å². The standard InChI is InChI=1S/C41H46N8O4/c1-27-31(12-13-34-33(27)24-45-49(34)26-41(5,6)51)37-32-21-36(43-22-29(32)14-15-42-37)46-30-20-35(38(44-23-30)52-25-28-10-8-7-9-11-28)47-16-18-48(19-17-47)39(50)53-40(2,3)4/h7-15,20-24,51H,16-19,25-26H2,1-6H3,(H,43,46). The summed E-state index contributed by atoms with van der Waals surface area (Å²) in [4.78, 5) is 31.1. The Morgan fingerprint density at radius 3 is 2.40 bits per heavy atom. The van der Waals surface area contributed by atoms with E-state index in [4.69, 9.17) is 24.4 Å². The van der Waals surface area contributed by atoms with Crippen LogP contribution in [-0.2, 0) is 17.9 Å². The predicted molar refractivity (Wildman–Crippen MR) is 208 cm³/mol. The van der Waals surface area contributed by atoms with Gasteiger partial charge in [-0.15, -0.1) is 0 Å². The van der Waals surface area contributed by atoms with Crippen LogP contribution in [0.3, 0.4) is 0 Å². The van der Waals surface area contributed by atoms with Crippen LogP contribution >= 0.6 is 0 Å². The van der Waals surface area contributed by atoms with Crippen LogP contribution in [0.4, 0.5) is 22.0 Å². The largest absolute Gasteiger partial charge is 0.471 e. The van der Waals surface area contributed by atoms with E-state index >= 15 is 0 Å². The molecule has 0 radical (unpaired) electrons. The number of ether oxygens (including phenoxy) is 2. The SMILES string of the molecule is Cc1c(-c2nccc3cnc(Nc4cnc(OCc5ccccc5)c(N5CCN(C(=O)OC(C)(C)C)CC5)c4)cc23)ccc2c1cnn2CC(C)(C)O. The van der Waals surface area contributed by atoms with Crippen molar-refractivity contribution in [2.45, 2.75) is 65.9 Å². The number of hydrogen-bond donors (Lipinski definition) is 2. The second-order valence-electron chi connectivity index (χ2n) is 15.1. The van der Waals surface area contributed by atoms with Gasteiger partial charge in [0.25, 0.3) is 0 Å². The summed E-state index contributed by atoms with van der Waals surface area (Å²) >= 11 is 0. The van der Waals surface area contributed by atoms with Gasteiger partial charge in [-0.1, -0.05) is 36.4 Å². The maximum Gasteiger partial charge on any atom is 0.410 e. The maximum atomic E-state index is 12.8. The molecular formula is C41H46N8O4. The molecule has 6 aromatic rings. The Hall–Kier alpha value is -5.75. The van der Waals surface area contributed by atoms with Crippen molar-refractivity contribution in [1.82, 2.24) is 29.6 Å². The zero-order chi connectivity index (χ0) is 37.3. The van der Waals surface area contributed by atoms with Crippen molar-refractivity contribution >= 4 is 45.0 Å². The van der Waals surface area contributed by atoms with Crippen LogP contribution in [0.1, 0.15) is 45.7 Å². The van der Waals surface area contributed by atoms with E-state index in [1.165, 1.54) is 0 Å². The van der Waals surface area contributed by atoms with Crippen LogP contribution in [0, 0.1) is 6.92 Å². The van der Waals surface area contributed by atoms with Gasteiger partial charge in [-0.2, -0.15) is 5.10 Å². The van der Waals surface area contributed by atoms with Gasteiger partial charge in [-0.25, -0.2) is 14.8 Å². The minimum Gasteiger partial charge on any atom is -0.471 e. The molecule has 1 fully saturated rings. The van der Waals surface area contributed by atoms with Gasteiger partial charge in [0, 0.05) is 60.3 Å². The summed E-state index contributed by atoms with van der Waals surface area (Å²) in [5.41, 5.74) is 5.03. The predicted octanol–water partition coefficient (Wildman–Crippen LogP) is 7.50. The number of amides is 1. The van der Waals surface area contributed by atoms with Crippen molar-refractivity contribution in [2.75, 3.05) is 36.4 Å². The van der Waals surface area contributed by atoms with E-state index in [2.05, 4.69) is 28.3 Å². The van der Waals surface area contributed by atoms with Gasteiger partial charge in [0.2, 0.25) is 5.88 Å². The molecule has 274 valence electrons. The highest BCUT2D eigenvalue weighted by Crippen LogP contribution is 2.36. The highest BCUT2D eigenvalue weighted by atomic mass is 16.6. The Labute approximate surface area is 309 Å². The molecule has 1 amide bonds. The number of benzene rings is 2. The summed E-state index contributed by atoms with van der Waals surface area (Å²) in [6.45, 7) is 14.2. The number of nitrogens with one attached hydrogen (secondary N) is 1. The molecule has 1 aliphatic heterocycles. The molecule has 0 saturated carbocycles. The van der Waals surface area contributed by atoms with Crippen molar-refractivity contribution in [3.8, 4) is 17.1 Å². The van der Waals surface area contributed by atoms with E-state index in [0.717, 1.165) is 55.4 Å². The number of aromatic nitrogens is 5. The third kappa shape index (κ3) is 8.18. The Kier molecular flexibility index (Phi) is 9.65. The van der Waals surface area contributed by atoms with Crippen LogP contribution in [-0.4, -0.2) is 78.2 Å². The number of fused-ring (bicyclic) bond motifs is 2. The lowest BCUT2D eigenvalue weighted by molar-refractivity contribution is 0.0240. The summed E-state index contributed by atoms with van der Waals surface area (Å²) in [5, 5.41) is 21.4. The minimum absolute atomic E-state index is 0.307. The maximum absolute atomic E-state index is 12.8. The van der Waals surface area contributed by atoms with E-state index in [-0.39, 0.29) is 6.09 Å². The fourth-order valence-electron chi connectivity index (χ4n) is 6.57. The Bertz CT molecular complexity index is 2250. The van der Waals surface area contributed by atoms with Crippen molar-refractivity contribution in [3.05, 3.63) is 96.6 Å². The molecule has 1 aliphatic rings. The Morgan fingerprint density at radius 2 is 1.66 bits per heavy atom. The highest BCUT2D eigenvalue weighted by molar-refractivity contribution is 5.99. The number of nitrogens with zero attached hydrogens (tertiary/aromatic N) is 7. The van der Waals surface area contributed by atoms with E-state index in [1.807, 2.05) is 92.4 Å². The Balaban J connectivity index is 1.17. The van der Waals surface area contributed by atoms with Crippen LogP contribution in [0.25, 0.3) is 32.9 Å². The summed E-state index contributed by atoms with van der Waals surface area (Å²) in [6, 6.07) is 20.1. The number of carbonyl (C=O) groups excluding carboxylic acids is 1.